The highest BCUT2D eigenvalue weighted by atomic mass is 16.5. The SMILES string of the molecule is CCc1ccnc2oncc12. The van der Waals surface area contributed by atoms with E-state index in [1.54, 1.807) is 12.4 Å². The quantitative estimate of drug-likeness (QED) is 0.618. The summed E-state index contributed by atoms with van der Waals surface area (Å²) >= 11 is 0. The van der Waals surface area contributed by atoms with Crippen molar-refractivity contribution in [3.8, 4) is 0 Å². The summed E-state index contributed by atoms with van der Waals surface area (Å²) < 4.78 is 4.90. The number of nitrogens with zero attached hydrogens (tertiary/aromatic N) is 2. The van der Waals surface area contributed by atoms with E-state index in [0.29, 0.717) is 5.71 Å². The molecule has 3 heteroatoms. The predicted molar refractivity (Wildman–Crippen MR) is 41.2 cm³/mol. The molecular weight excluding hydrogens is 140 g/mol. The maximum Gasteiger partial charge on any atom is 0.257 e. The second kappa shape index (κ2) is 2.34. The zero-order valence-corrected chi connectivity index (χ0v) is 6.24. The van der Waals surface area contributed by atoms with Crippen molar-refractivity contribution in [3.63, 3.8) is 0 Å². The summed E-state index contributed by atoms with van der Waals surface area (Å²) in [6.45, 7) is 2.10. The number of aromatic nitrogens is 2. The monoisotopic (exact) mass is 148 g/mol. The van der Waals surface area contributed by atoms with Crippen LogP contribution < -0.4 is 0 Å². The van der Waals surface area contributed by atoms with Crippen molar-refractivity contribution < 1.29 is 4.52 Å². The summed E-state index contributed by atoms with van der Waals surface area (Å²) in [5.74, 6) is 0. The number of fused-ring (bicyclic) bond motifs is 1. The summed E-state index contributed by atoms with van der Waals surface area (Å²) in [6.07, 6.45) is 4.44. The molecule has 0 bridgehead atoms. The van der Waals surface area contributed by atoms with Gasteiger partial charge in [0.05, 0.1) is 11.6 Å². The Morgan fingerprint density at radius 1 is 1.55 bits per heavy atom. The minimum atomic E-state index is 0.629. The van der Waals surface area contributed by atoms with Crippen LogP contribution in [0, 0.1) is 0 Å². The fourth-order valence-corrected chi connectivity index (χ4v) is 1.14. The predicted octanol–water partition coefficient (Wildman–Crippen LogP) is 1.79. The van der Waals surface area contributed by atoms with Gasteiger partial charge in [-0.25, -0.2) is 4.98 Å². The molecule has 0 aliphatic heterocycles. The Morgan fingerprint density at radius 3 is 3.27 bits per heavy atom. The molecule has 0 amide bonds. The molecule has 0 spiro atoms. The molecule has 0 unspecified atom stereocenters. The molecule has 0 aliphatic carbocycles. The first kappa shape index (κ1) is 6.34. The minimum absolute atomic E-state index is 0.629. The van der Waals surface area contributed by atoms with Crippen LogP contribution >= 0.6 is 0 Å². The van der Waals surface area contributed by atoms with Gasteiger partial charge >= 0.3 is 0 Å². The van der Waals surface area contributed by atoms with Crippen molar-refractivity contribution in [3.05, 3.63) is 24.0 Å². The average molecular weight is 148 g/mol. The zero-order chi connectivity index (χ0) is 7.68. The summed E-state index contributed by atoms with van der Waals surface area (Å²) in [5, 5.41) is 4.70. The van der Waals surface area contributed by atoms with Gasteiger partial charge < -0.3 is 4.52 Å². The molecule has 0 saturated heterocycles. The molecule has 2 aromatic heterocycles. The van der Waals surface area contributed by atoms with Crippen molar-refractivity contribution >= 4 is 11.1 Å². The maximum absolute atomic E-state index is 4.90. The molecule has 11 heavy (non-hydrogen) atoms. The molecule has 0 atom stereocenters. The lowest BCUT2D eigenvalue weighted by atomic mass is 10.1. The number of hydrogen-bond acceptors (Lipinski definition) is 3. The Bertz CT molecular complexity index is 367. The third kappa shape index (κ3) is 0.888. The second-order valence-corrected chi connectivity index (χ2v) is 2.37. The lowest BCUT2D eigenvalue weighted by Gasteiger charge is -1.93. The molecule has 2 heterocycles. The Kier molecular flexibility index (Phi) is 1.35. The maximum atomic E-state index is 4.90. The third-order valence-corrected chi connectivity index (χ3v) is 1.75. The summed E-state index contributed by atoms with van der Waals surface area (Å²) in [6, 6.07) is 1.99. The lowest BCUT2D eigenvalue weighted by Crippen LogP contribution is -1.81. The Morgan fingerprint density at radius 2 is 2.45 bits per heavy atom. The molecule has 0 fully saturated rings. The van der Waals surface area contributed by atoms with Crippen LogP contribution in [-0.4, -0.2) is 10.1 Å². The van der Waals surface area contributed by atoms with E-state index in [0.717, 1.165) is 11.8 Å². The van der Waals surface area contributed by atoms with Crippen molar-refractivity contribution in [1.29, 1.82) is 0 Å². The van der Waals surface area contributed by atoms with Crippen molar-refractivity contribution in [2.75, 3.05) is 0 Å². The molecular formula is C8H8N2O. The normalized spacial score (nSPS) is 10.6. The molecule has 3 nitrogen and oxygen atoms in total. The van der Waals surface area contributed by atoms with E-state index in [9.17, 15) is 0 Å². The Labute approximate surface area is 64.0 Å². The third-order valence-electron chi connectivity index (χ3n) is 1.75. The molecule has 0 aliphatic rings. The minimum Gasteiger partial charge on any atom is -0.336 e. The van der Waals surface area contributed by atoms with E-state index in [1.165, 1.54) is 5.56 Å². The second-order valence-electron chi connectivity index (χ2n) is 2.37. The number of hydrogen-bond donors (Lipinski definition) is 0. The van der Waals surface area contributed by atoms with Crippen LogP contribution in [0.1, 0.15) is 12.5 Å². The molecule has 2 rings (SSSR count). The van der Waals surface area contributed by atoms with Crippen molar-refractivity contribution in [2.24, 2.45) is 0 Å². The van der Waals surface area contributed by atoms with Gasteiger partial charge in [0, 0.05) is 6.20 Å². The van der Waals surface area contributed by atoms with E-state index in [2.05, 4.69) is 17.1 Å². The molecule has 2 aromatic rings. The van der Waals surface area contributed by atoms with Gasteiger partial charge in [-0.05, 0) is 18.1 Å². The largest absolute Gasteiger partial charge is 0.336 e. The van der Waals surface area contributed by atoms with Gasteiger partial charge in [-0.3, -0.25) is 0 Å². The summed E-state index contributed by atoms with van der Waals surface area (Å²) in [7, 11) is 0. The van der Waals surface area contributed by atoms with Gasteiger partial charge in [0.1, 0.15) is 0 Å². The van der Waals surface area contributed by atoms with E-state index in [4.69, 9.17) is 4.52 Å². The number of pyridine rings is 1. The zero-order valence-electron chi connectivity index (χ0n) is 6.24. The smallest absolute Gasteiger partial charge is 0.257 e. The van der Waals surface area contributed by atoms with Gasteiger partial charge in [-0.1, -0.05) is 12.1 Å². The van der Waals surface area contributed by atoms with Crippen LogP contribution in [0.3, 0.4) is 0 Å². The van der Waals surface area contributed by atoms with E-state index < -0.39 is 0 Å². The van der Waals surface area contributed by atoms with Crippen molar-refractivity contribution in [1.82, 2.24) is 10.1 Å². The van der Waals surface area contributed by atoms with Gasteiger partial charge in [-0.15, -0.1) is 0 Å². The van der Waals surface area contributed by atoms with Crippen molar-refractivity contribution in [2.45, 2.75) is 13.3 Å². The molecule has 0 radical (unpaired) electrons. The highest BCUT2D eigenvalue weighted by molar-refractivity contribution is 5.75. The Balaban J connectivity index is 2.79. The van der Waals surface area contributed by atoms with Gasteiger partial charge in [-0.2, -0.15) is 0 Å². The number of rotatable bonds is 1. The van der Waals surface area contributed by atoms with Crippen LogP contribution in [0.4, 0.5) is 0 Å². The van der Waals surface area contributed by atoms with E-state index in [-0.39, 0.29) is 0 Å². The highest BCUT2D eigenvalue weighted by Crippen LogP contribution is 2.15. The first-order valence-electron chi connectivity index (χ1n) is 3.60. The first-order chi connectivity index (χ1) is 5.42. The van der Waals surface area contributed by atoms with E-state index >= 15 is 0 Å². The summed E-state index contributed by atoms with van der Waals surface area (Å²) in [4.78, 5) is 4.02. The lowest BCUT2D eigenvalue weighted by molar-refractivity contribution is 0.448. The van der Waals surface area contributed by atoms with Crippen LogP contribution in [-0.2, 0) is 6.42 Å². The molecule has 0 N–H and O–H groups in total. The van der Waals surface area contributed by atoms with Crippen LogP contribution in [0.2, 0.25) is 0 Å². The standard InChI is InChI=1S/C8H8N2O/c1-2-6-3-4-9-8-7(6)5-10-11-8/h3-5H,2H2,1H3. The van der Waals surface area contributed by atoms with Gasteiger partial charge in [0.15, 0.2) is 0 Å². The van der Waals surface area contributed by atoms with Crippen LogP contribution in [0.25, 0.3) is 11.1 Å². The van der Waals surface area contributed by atoms with Crippen LogP contribution in [0.15, 0.2) is 23.0 Å². The molecule has 56 valence electrons. The topological polar surface area (TPSA) is 38.9 Å². The average Bonchev–Trinajstić information content (AvgIpc) is 2.50. The molecule has 0 aromatic carbocycles. The molecule has 0 saturated carbocycles. The Hall–Kier alpha value is -1.38. The highest BCUT2D eigenvalue weighted by Gasteiger charge is 2.02. The number of aryl methyl sites for hydroxylation is 1. The van der Waals surface area contributed by atoms with Gasteiger partial charge in [0.25, 0.3) is 5.71 Å². The van der Waals surface area contributed by atoms with E-state index in [1.807, 2.05) is 6.07 Å². The first-order valence-corrected chi connectivity index (χ1v) is 3.60. The van der Waals surface area contributed by atoms with Gasteiger partial charge in [0.2, 0.25) is 0 Å². The van der Waals surface area contributed by atoms with Crippen LogP contribution in [0.5, 0.6) is 0 Å². The fourth-order valence-electron chi connectivity index (χ4n) is 1.14. The summed E-state index contributed by atoms with van der Waals surface area (Å²) in [5.41, 5.74) is 1.86. The fraction of sp³-hybridized carbons (Fsp3) is 0.250.